The predicted molar refractivity (Wildman–Crippen MR) is 76.7 cm³/mol. The summed E-state index contributed by atoms with van der Waals surface area (Å²) >= 11 is 3.32. The number of hydrogen-bond acceptors (Lipinski definition) is 4. The minimum absolute atomic E-state index is 0.0951. The first-order chi connectivity index (χ1) is 8.90. The Balaban J connectivity index is 2.14. The largest absolute Gasteiger partial charge is 0.310 e. The Hall–Kier alpha value is -0.950. The van der Waals surface area contributed by atoms with Crippen molar-refractivity contribution in [2.75, 3.05) is 11.1 Å². The second-order valence-corrected chi connectivity index (χ2v) is 7.82. The third kappa shape index (κ3) is 3.33. The molecule has 1 fully saturated rings. The van der Waals surface area contributed by atoms with Gasteiger partial charge in [0.1, 0.15) is 11.1 Å². The second-order valence-electron chi connectivity index (χ2n) is 4.66. The van der Waals surface area contributed by atoms with Crippen molar-refractivity contribution in [3.8, 4) is 0 Å². The van der Waals surface area contributed by atoms with Crippen molar-refractivity contribution >= 4 is 37.5 Å². The number of hydrogen-bond donors (Lipinski definition) is 1. The van der Waals surface area contributed by atoms with Crippen LogP contribution in [-0.4, -0.2) is 30.3 Å². The second kappa shape index (κ2) is 5.58. The normalized spacial score (nSPS) is 21.9. The van der Waals surface area contributed by atoms with Gasteiger partial charge in [0.25, 0.3) is 0 Å². The molecular weight excluding hydrogens is 332 g/mol. The molecular formula is C12H15BrN2O3S. The van der Waals surface area contributed by atoms with Crippen LogP contribution in [0.3, 0.4) is 0 Å². The average molecular weight is 347 g/mol. The first-order valence-corrected chi connectivity index (χ1v) is 8.55. The highest BCUT2D eigenvalue weighted by molar-refractivity contribution is 9.10. The SMILES string of the molecule is Cc1cc(NC(=O)C2CCCCS2(=O)=O)ncc1Br. The number of rotatable bonds is 2. The molecule has 1 atom stereocenters. The fraction of sp³-hybridized carbons (Fsp3) is 0.500. The number of nitrogens with one attached hydrogen (secondary N) is 1. The van der Waals surface area contributed by atoms with E-state index < -0.39 is 21.0 Å². The van der Waals surface area contributed by atoms with Gasteiger partial charge < -0.3 is 5.32 Å². The molecule has 0 bridgehead atoms. The van der Waals surface area contributed by atoms with Crippen LogP contribution in [0.1, 0.15) is 24.8 Å². The van der Waals surface area contributed by atoms with Crippen LogP contribution in [0.25, 0.3) is 0 Å². The molecule has 0 radical (unpaired) electrons. The average Bonchev–Trinajstić information content (AvgIpc) is 2.33. The lowest BCUT2D eigenvalue weighted by Gasteiger charge is -2.21. The zero-order valence-corrected chi connectivity index (χ0v) is 12.9. The Morgan fingerprint density at radius 3 is 2.84 bits per heavy atom. The van der Waals surface area contributed by atoms with Crippen molar-refractivity contribution in [1.82, 2.24) is 4.98 Å². The van der Waals surface area contributed by atoms with Gasteiger partial charge in [-0.05, 0) is 47.3 Å². The molecule has 1 amide bonds. The molecule has 5 nitrogen and oxygen atoms in total. The van der Waals surface area contributed by atoms with Crippen molar-refractivity contribution in [1.29, 1.82) is 0 Å². The van der Waals surface area contributed by atoms with E-state index in [4.69, 9.17) is 0 Å². The molecule has 2 rings (SSSR count). The lowest BCUT2D eigenvalue weighted by atomic mass is 10.2. The number of aromatic nitrogens is 1. The standard InChI is InChI=1S/C12H15BrN2O3S/c1-8-6-11(14-7-9(8)13)15-12(16)10-4-2-3-5-19(10,17)18/h6-7,10H,2-5H2,1H3,(H,14,15,16). The molecule has 1 aromatic heterocycles. The van der Waals surface area contributed by atoms with E-state index in [1.54, 1.807) is 12.3 Å². The fourth-order valence-electron chi connectivity index (χ4n) is 2.06. The summed E-state index contributed by atoms with van der Waals surface area (Å²) in [6.45, 7) is 1.87. The maximum absolute atomic E-state index is 12.0. The van der Waals surface area contributed by atoms with Crippen LogP contribution in [-0.2, 0) is 14.6 Å². The highest BCUT2D eigenvalue weighted by atomic mass is 79.9. The smallest absolute Gasteiger partial charge is 0.243 e. The van der Waals surface area contributed by atoms with Gasteiger partial charge in [-0.15, -0.1) is 0 Å². The van der Waals surface area contributed by atoms with Crippen molar-refractivity contribution < 1.29 is 13.2 Å². The van der Waals surface area contributed by atoms with Gasteiger partial charge in [0.15, 0.2) is 9.84 Å². The predicted octanol–water partition coefficient (Wildman–Crippen LogP) is 2.06. The van der Waals surface area contributed by atoms with Gasteiger partial charge in [0.2, 0.25) is 5.91 Å². The van der Waals surface area contributed by atoms with Gasteiger partial charge in [-0.2, -0.15) is 0 Å². The Morgan fingerprint density at radius 1 is 1.47 bits per heavy atom. The van der Waals surface area contributed by atoms with Crippen LogP contribution >= 0.6 is 15.9 Å². The van der Waals surface area contributed by atoms with Crippen molar-refractivity contribution in [3.63, 3.8) is 0 Å². The third-order valence-electron chi connectivity index (χ3n) is 3.17. The Morgan fingerprint density at radius 2 is 2.21 bits per heavy atom. The van der Waals surface area contributed by atoms with E-state index in [9.17, 15) is 13.2 Å². The summed E-state index contributed by atoms with van der Waals surface area (Å²) in [5.74, 6) is -0.00174. The minimum atomic E-state index is -3.31. The Labute approximate surface area is 120 Å². The fourth-order valence-corrected chi connectivity index (χ4v) is 4.08. The lowest BCUT2D eigenvalue weighted by molar-refractivity contribution is -0.116. The number of carbonyl (C=O) groups is 1. The van der Waals surface area contributed by atoms with Gasteiger partial charge in [-0.25, -0.2) is 13.4 Å². The van der Waals surface area contributed by atoms with Crippen LogP contribution in [0.4, 0.5) is 5.82 Å². The molecule has 7 heteroatoms. The van der Waals surface area contributed by atoms with Crippen LogP contribution in [0, 0.1) is 6.92 Å². The molecule has 2 heterocycles. The van der Waals surface area contributed by atoms with E-state index >= 15 is 0 Å². The van der Waals surface area contributed by atoms with E-state index in [1.165, 1.54) is 0 Å². The summed E-state index contributed by atoms with van der Waals surface area (Å²) in [6.07, 6.45) is 3.38. The Bertz CT molecular complexity index is 601. The van der Waals surface area contributed by atoms with Crippen molar-refractivity contribution in [2.24, 2.45) is 0 Å². The van der Waals surface area contributed by atoms with E-state index in [-0.39, 0.29) is 5.75 Å². The molecule has 0 saturated carbocycles. The zero-order valence-electron chi connectivity index (χ0n) is 10.5. The van der Waals surface area contributed by atoms with Gasteiger partial charge >= 0.3 is 0 Å². The molecule has 19 heavy (non-hydrogen) atoms. The van der Waals surface area contributed by atoms with Crippen molar-refractivity contribution in [2.45, 2.75) is 31.4 Å². The molecule has 0 aliphatic carbocycles. The third-order valence-corrected chi connectivity index (χ3v) is 6.17. The highest BCUT2D eigenvalue weighted by Crippen LogP contribution is 2.22. The van der Waals surface area contributed by atoms with E-state index in [1.807, 2.05) is 6.92 Å². The quantitative estimate of drug-likeness (QED) is 0.889. The molecule has 1 N–H and O–H groups in total. The maximum Gasteiger partial charge on any atom is 0.243 e. The first kappa shape index (κ1) is 14.5. The van der Waals surface area contributed by atoms with Gasteiger partial charge in [-0.1, -0.05) is 6.42 Å². The molecule has 1 aliphatic rings. The van der Waals surface area contributed by atoms with Gasteiger partial charge in [-0.3, -0.25) is 4.79 Å². The van der Waals surface area contributed by atoms with Gasteiger partial charge in [0, 0.05) is 10.7 Å². The molecule has 1 aromatic rings. The number of sulfone groups is 1. The molecule has 1 saturated heterocycles. The molecule has 0 aromatic carbocycles. The number of anilines is 1. The zero-order chi connectivity index (χ0) is 14.0. The van der Waals surface area contributed by atoms with E-state index in [0.29, 0.717) is 18.7 Å². The number of pyridine rings is 1. The summed E-state index contributed by atoms with van der Waals surface area (Å²) < 4.78 is 24.5. The monoisotopic (exact) mass is 346 g/mol. The number of nitrogens with zero attached hydrogens (tertiary/aromatic N) is 1. The molecule has 1 unspecified atom stereocenters. The highest BCUT2D eigenvalue weighted by Gasteiger charge is 2.34. The van der Waals surface area contributed by atoms with E-state index in [2.05, 4.69) is 26.2 Å². The van der Waals surface area contributed by atoms with E-state index in [0.717, 1.165) is 16.5 Å². The molecule has 1 aliphatic heterocycles. The number of carbonyl (C=O) groups excluding carboxylic acids is 1. The van der Waals surface area contributed by atoms with Crippen LogP contribution in [0.2, 0.25) is 0 Å². The topological polar surface area (TPSA) is 76.1 Å². The maximum atomic E-state index is 12.0. The summed E-state index contributed by atoms with van der Waals surface area (Å²) in [5, 5.41) is 1.65. The van der Waals surface area contributed by atoms with Crippen LogP contribution < -0.4 is 5.32 Å². The summed E-state index contributed by atoms with van der Waals surface area (Å²) in [7, 11) is -3.31. The number of aryl methyl sites for hydroxylation is 1. The van der Waals surface area contributed by atoms with Crippen molar-refractivity contribution in [3.05, 3.63) is 22.3 Å². The Kier molecular flexibility index (Phi) is 4.25. The number of halogens is 1. The van der Waals surface area contributed by atoms with Crippen LogP contribution in [0.5, 0.6) is 0 Å². The summed E-state index contributed by atoms with van der Waals surface area (Å²) in [5.41, 5.74) is 0.928. The number of amides is 1. The van der Waals surface area contributed by atoms with Crippen LogP contribution in [0.15, 0.2) is 16.7 Å². The molecule has 0 spiro atoms. The minimum Gasteiger partial charge on any atom is -0.310 e. The summed E-state index contributed by atoms with van der Waals surface area (Å²) in [4.78, 5) is 16.1. The molecule has 104 valence electrons. The van der Waals surface area contributed by atoms with Gasteiger partial charge in [0.05, 0.1) is 5.75 Å². The first-order valence-electron chi connectivity index (χ1n) is 6.05. The summed E-state index contributed by atoms with van der Waals surface area (Å²) in [6, 6.07) is 1.71. The lowest BCUT2D eigenvalue weighted by Crippen LogP contribution is -2.39.